The Kier molecular flexibility index (Phi) is 4.20. The lowest BCUT2D eigenvalue weighted by atomic mass is 10.1. The molecule has 0 saturated heterocycles. The normalized spacial score (nSPS) is 9.38. The third-order valence-corrected chi connectivity index (χ3v) is 2.29. The van der Waals surface area contributed by atoms with Gasteiger partial charge in [0.15, 0.2) is 0 Å². The number of thiol groups is 1. The lowest BCUT2D eigenvalue weighted by Gasteiger charge is -2.08. The summed E-state index contributed by atoms with van der Waals surface area (Å²) >= 11 is 4.12. The number of benzene rings is 1. The molecule has 0 heterocycles. The molecule has 0 atom stereocenters. The molecular weight excluding hydrogens is 226 g/mol. The molecule has 0 aliphatic heterocycles. The Balaban J connectivity index is 3.29. The first-order valence-corrected chi connectivity index (χ1v) is 5.07. The fourth-order valence-electron chi connectivity index (χ4n) is 1.21. The summed E-state index contributed by atoms with van der Waals surface area (Å²) in [5.41, 5.74) is 0.372. The van der Waals surface area contributed by atoms with Gasteiger partial charge in [-0.3, -0.25) is 0 Å². The van der Waals surface area contributed by atoms with E-state index in [1.165, 1.54) is 13.2 Å². The second-order valence-corrected chi connectivity index (χ2v) is 3.38. The zero-order valence-electron chi connectivity index (χ0n) is 8.98. The summed E-state index contributed by atoms with van der Waals surface area (Å²) in [4.78, 5) is 12.0. The van der Waals surface area contributed by atoms with E-state index in [2.05, 4.69) is 12.6 Å². The van der Waals surface area contributed by atoms with Crippen molar-refractivity contribution in [2.75, 3.05) is 13.7 Å². The highest BCUT2D eigenvalue weighted by Gasteiger charge is 2.16. The average Bonchev–Trinajstić information content (AvgIpc) is 2.28. The summed E-state index contributed by atoms with van der Waals surface area (Å²) in [5.74, 6) is -0.0831. The molecule has 0 N–H and O–H groups in total. The summed E-state index contributed by atoms with van der Waals surface area (Å²) in [6.07, 6.45) is 0. The predicted octanol–water partition coefficient (Wildman–Crippen LogP) is 2.03. The molecule has 5 heteroatoms. The summed E-state index contributed by atoms with van der Waals surface area (Å²) < 4.78 is 9.84. The van der Waals surface area contributed by atoms with E-state index in [0.717, 1.165) is 0 Å². The highest BCUT2D eigenvalue weighted by Crippen LogP contribution is 2.25. The van der Waals surface area contributed by atoms with Gasteiger partial charge in [-0.1, -0.05) is 0 Å². The van der Waals surface area contributed by atoms with Crippen molar-refractivity contribution in [3.8, 4) is 11.8 Å². The number of rotatable bonds is 3. The minimum atomic E-state index is -0.548. The molecule has 1 aromatic rings. The molecule has 0 spiro atoms. The van der Waals surface area contributed by atoms with Crippen LogP contribution in [0.25, 0.3) is 0 Å². The molecule has 0 amide bonds. The van der Waals surface area contributed by atoms with Gasteiger partial charge in [0.1, 0.15) is 11.8 Å². The summed E-state index contributed by atoms with van der Waals surface area (Å²) in [6, 6.07) is 4.96. The number of ether oxygens (including phenoxy) is 2. The molecule has 0 bridgehead atoms. The van der Waals surface area contributed by atoms with Crippen LogP contribution >= 0.6 is 12.6 Å². The Labute approximate surface area is 99.2 Å². The molecule has 1 aromatic carbocycles. The van der Waals surface area contributed by atoms with Crippen molar-refractivity contribution in [2.45, 2.75) is 11.8 Å². The van der Waals surface area contributed by atoms with Crippen molar-refractivity contribution in [1.29, 1.82) is 5.26 Å². The molecule has 0 saturated carbocycles. The van der Waals surface area contributed by atoms with Gasteiger partial charge in [0.05, 0.1) is 24.8 Å². The minimum Gasteiger partial charge on any atom is -0.497 e. The van der Waals surface area contributed by atoms with Crippen molar-refractivity contribution in [1.82, 2.24) is 0 Å². The summed E-state index contributed by atoms with van der Waals surface area (Å²) in [6.45, 7) is 1.95. The quantitative estimate of drug-likeness (QED) is 0.645. The monoisotopic (exact) mass is 237 g/mol. The van der Waals surface area contributed by atoms with Gasteiger partial charge in [-0.15, -0.1) is 12.6 Å². The third-order valence-electron chi connectivity index (χ3n) is 1.93. The molecular formula is C11H11NO3S. The molecule has 0 aromatic heterocycles. The van der Waals surface area contributed by atoms with E-state index in [0.29, 0.717) is 10.6 Å². The molecule has 84 valence electrons. The smallest absolute Gasteiger partial charge is 0.339 e. The van der Waals surface area contributed by atoms with Gasteiger partial charge in [0.2, 0.25) is 0 Å². The topological polar surface area (TPSA) is 59.3 Å². The Morgan fingerprint density at radius 3 is 2.75 bits per heavy atom. The van der Waals surface area contributed by atoms with Crippen LogP contribution < -0.4 is 4.74 Å². The number of hydrogen-bond acceptors (Lipinski definition) is 5. The number of methoxy groups -OCH3 is 1. The molecule has 0 fully saturated rings. The second-order valence-electron chi connectivity index (χ2n) is 2.90. The van der Waals surface area contributed by atoms with Crippen molar-refractivity contribution in [3.63, 3.8) is 0 Å². The van der Waals surface area contributed by atoms with Crippen LogP contribution in [-0.4, -0.2) is 19.7 Å². The number of esters is 1. The molecule has 0 aliphatic rings. The first-order valence-electron chi connectivity index (χ1n) is 4.62. The van der Waals surface area contributed by atoms with Crippen molar-refractivity contribution in [2.24, 2.45) is 0 Å². The number of nitrogens with zero attached hydrogens (tertiary/aromatic N) is 1. The van der Waals surface area contributed by atoms with Gasteiger partial charge in [-0.25, -0.2) is 4.79 Å². The lowest BCUT2D eigenvalue weighted by Crippen LogP contribution is -2.08. The summed E-state index contributed by atoms with van der Waals surface area (Å²) in [7, 11) is 1.48. The number of carbonyl (C=O) groups excluding carboxylic acids is 1. The number of hydrogen-bond donors (Lipinski definition) is 1. The Morgan fingerprint density at radius 2 is 2.25 bits per heavy atom. The predicted molar refractivity (Wildman–Crippen MR) is 60.9 cm³/mol. The zero-order valence-corrected chi connectivity index (χ0v) is 9.88. The van der Waals surface area contributed by atoms with Crippen molar-refractivity contribution in [3.05, 3.63) is 23.3 Å². The molecule has 4 nitrogen and oxygen atoms in total. The van der Waals surface area contributed by atoms with E-state index in [9.17, 15) is 4.79 Å². The van der Waals surface area contributed by atoms with Crippen LogP contribution in [0.3, 0.4) is 0 Å². The van der Waals surface area contributed by atoms with E-state index in [1.54, 1.807) is 13.0 Å². The number of carbonyl (C=O) groups is 1. The SMILES string of the molecule is CCOC(=O)c1cc(OC)cc(S)c1C#N. The van der Waals surface area contributed by atoms with Crippen molar-refractivity contribution < 1.29 is 14.3 Å². The van der Waals surface area contributed by atoms with Crippen LogP contribution in [0, 0.1) is 11.3 Å². The highest BCUT2D eigenvalue weighted by atomic mass is 32.1. The largest absolute Gasteiger partial charge is 0.497 e. The standard InChI is InChI=1S/C11H11NO3S/c1-3-15-11(13)8-4-7(14-2)5-10(16)9(8)6-12/h4-5,16H,3H2,1-2H3. The second kappa shape index (κ2) is 5.42. The van der Waals surface area contributed by atoms with Gasteiger partial charge >= 0.3 is 5.97 Å². The minimum absolute atomic E-state index is 0.175. The van der Waals surface area contributed by atoms with Crippen LogP contribution in [-0.2, 0) is 4.74 Å². The maximum atomic E-state index is 11.6. The fourth-order valence-corrected chi connectivity index (χ4v) is 1.50. The van der Waals surface area contributed by atoms with Gasteiger partial charge in [0.25, 0.3) is 0 Å². The zero-order chi connectivity index (χ0) is 12.1. The Bertz CT molecular complexity index is 451. The van der Waals surface area contributed by atoms with Gasteiger partial charge in [-0.2, -0.15) is 5.26 Å². The first-order chi connectivity index (χ1) is 7.63. The molecule has 0 aliphatic carbocycles. The van der Waals surface area contributed by atoms with Crippen LogP contribution in [0.4, 0.5) is 0 Å². The Morgan fingerprint density at radius 1 is 1.56 bits per heavy atom. The lowest BCUT2D eigenvalue weighted by molar-refractivity contribution is 0.0525. The highest BCUT2D eigenvalue weighted by molar-refractivity contribution is 7.80. The van der Waals surface area contributed by atoms with Gasteiger partial charge in [-0.05, 0) is 19.1 Å². The van der Waals surface area contributed by atoms with Crippen LogP contribution in [0.5, 0.6) is 5.75 Å². The van der Waals surface area contributed by atoms with Crippen molar-refractivity contribution >= 4 is 18.6 Å². The molecule has 16 heavy (non-hydrogen) atoms. The summed E-state index contributed by atoms with van der Waals surface area (Å²) in [5, 5.41) is 8.93. The van der Waals surface area contributed by atoms with Crippen LogP contribution in [0.2, 0.25) is 0 Å². The van der Waals surface area contributed by atoms with Crippen LogP contribution in [0.1, 0.15) is 22.8 Å². The molecule has 0 radical (unpaired) electrons. The first kappa shape index (κ1) is 12.4. The fraction of sp³-hybridized carbons (Fsp3) is 0.273. The van der Waals surface area contributed by atoms with Gasteiger partial charge in [0, 0.05) is 4.90 Å². The van der Waals surface area contributed by atoms with E-state index in [1.807, 2.05) is 6.07 Å². The third kappa shape index (κ3) is 2.47. The van der Waals surface area contributed by atoms with E-state index in [-0.39, 0.29) is 17.7 Å². The maximum Gasteiger partial charge on any atom is 0.339 e. The Hall–Kier alpha value is -1.67. The molecule has 0 unspecified atom stereocenters. The van der Waals surface area contributed by atoms with Crippen LogP contribution in [0.15, 0.2) is 17.0 Å². The average molecular weight is 237 g/mol. The molecule has 1 rings (SSSR count). The van der Waals surface area contributed by atoms with Gasteiger partial charge < -0.3 is 9.47 Å². The van der Waals surface area contributed by atoms with E-state index < -0.39 is 5.97 Å². The number of nitriles is 1. The maximum absolute atomic E-state index is 11.6. The van der Waals surface area contributed by atoms with E-state index in [4.69, 9.17) is 14.7 Å². The van der Waals surface area contributed by atoms with E-state index >= 15 is 0 Å².